The van der Waals surface area contributed by atoms with Crippen molar-refractivity contribution >= 4 is 27.0 Å². The van der Waals surface area contributed by atoms with Crippen LogP contribution in [0, 0.1) is 0 Å². The van der Waals surface area contributed by atoms with Gasteiger partial charge in [0.05, 0.1) is 25.4 Å². The molecule has 0 aromatic heterocycles. The molecule has 0 fully saturated rings. The summed E-state index contributed by atoms with van der Waals surface area (Å²) in [5.74, 6) is 0. The molecule has 0 saturated carbocycles. The molecule has 0 radical (unpaired) electrons. The quantitative estimate of drug-likeness (QED) is 0.569. The van der Waals surface area contributed by atoms with Gasteiger partial charge in [-0.05, 0) is 26.7 Å². The standard InChI is InChI=1S/C12H26O4.2H2S/c1-11(13)9-15-7-5-3-4-6-8-16-10-12(2)14;;/h11-14H,3-10H2,1-2H3;2*1H2/t11-,12-;;/m0../s1. The fourth-order valence-electron chi connectivity index (χ4n) is 1.27. The largest absolute Gasteiger partial charge is 0.391 e. The van der Waals surface area contributed by atoms with Crippen LogP contribution in [0.25, 0.3) is 0 Å². The molecule has 6 heteroatoms. The molecule has 0 rings (SSSR count). The highest BCUT2D eigenvalue weighted by Crippen LogP contribution is 2.01. The van der Waals surface area contributed by atoms with Crippen LogP contribution in [0.4, 0.5) is 0 Å². The highest BCUT2D eigenvalue weighted by molar-refractivity contribution is 7.59. The van der Waals surface area contributed by atoms with E-state index in [1.165, 1.54) is 0 Å². The third-order valence-electron chi connectivity index (χ3n) is 2.05. The van der Waals surface area contributed by atoms with Crippen LogP contribution in [0.2, 0.25) is 0 Å². The van der Waals surface area contributed by atoms with Crippen LogP contribution < -0.4 is 0 Å². The summed E-state index contributed by atoms with van der Waals surface area (Å²) < 4.78 is 10.5. The van der Waals surface area contributed by atoms with Gasteiger partial charge in [-0.25, -0.2) is 0 Å². The van der Waals surface area contributed by atoms with E-state index in [4.69, 9.17) is 19.7 Å². The highest BCUT2D eigenvalue weighted by atomic mass is 32.1. The second-order valence-corrected chi connectivity index (χ2v) is 4.26. The third-order valence-corrected chi connectivity index (χ3v) is 2.05. The van der Waals surface area contributed by atoms with Crippen LogP contribution in [0.3, 0.4) is 0 Å². The van der Waals surface area contributed by atoms with E-state index in [-0.39, 0.29) is 39.2 Å². The Kier molecular flexibility index (Phi) is 23.0. The maximum atomic E-state index is 8.93. The molecule has 0 amide bonds. The van der Waals surface area contributed by atoms with E-state index in [9.17, 15) is 0 Å². The van der Waals surface area contributed by atoms with Gasteiger partial charge in [-0.15, -0.1) is 0 Å². The minimum atomic E-state index is -0.367. The molecule has 0 aromatic carbocycles. The number of unbranched alkanes of at least 4 members (excludes halogenated alkanes) is 3. The zero-order valence-electron chi connectivity index (χ0n) is 11.5. The molecule has 0 aliphatic rings. The maximum Gasteiger partial charge on any atom is 0.0745 e. The lowest BCUT2D eigenvalue weighted by Crippen LogP contribution is -2.11. The normalized spacial score (nSPS) is 13.3. The van der Waals surface area contributed by atoms with E-state index >= 15 is 0 Å². The Balaban J connectivity index is -0.00000112. The predicted molar refractivity (Wildman–Crippen MR) is 84.2 cm³/mol. The second kappa shape index (κ2) is 17.5. The summed E-state index contributed by atoms with van der Waals surface area (Å²) in [5, 5.41) is 17.9. The van der Waals surface area contributed by atoms with Crippen molar-refractivity contribution in [3.05, 3.63) is 0 Å². The topological polar surface area (TPSA) is 58.9 Å². The van der Waals surface area contributed by atoms with Crippen LogP contribution in [0.5, 0.6) is 0 Å². The van der Waals surface area contributed by atoms with E-state index < -0.39 is 0 Å². The summed E-state index contributed by atoms with van der Waals surface area (Å²) in [6.07, 6.45) is 3.57. The third kappa shape index (κ3) is 21.8. The van der Waals surface area contributed by atoms with Gasteiger partial charge in [0.25, 0.3) is 0 Å². The monoisotopic (exact) mass is 302 g/mol. The summed E-state index contributed by atoms with van der Waals surface area (Å²) in [6, 6.07) is 0. The average Bonchev–Trinajstić information content (AvgIpc) is 2.20. The van der Waals surface area contributed by atoms with Gasteiger partial charge >= 0.3 is 0 Å². The fraction of sp³-hybridized carbons (Fsp3) is 1.00. The van der Waals surface area contributed by atoms with Crippen LogP contribution >= 0.6 is 27.0 Å². The van der Waals surface area contributed by atoms with Crippen LogP contribution in [-0.4, -0.2) is 48.8 Å². The summed E-state index contributed by atoms with van der Waals surface area (Å²) in [4.78, 5) is 0. The molecule has 114 valence electrons. The summed E-state index contributed by atoms with van der Waals surface area (Å²) in [6.45, 7) is 5.74. The van der Waals surface area contributed by atoms with Crippen molar-refractivity contribution in [1.82, 2.24) is 0 Å². The Morgan fingerprint density at radius 1 is 0.722 bits per heavy atom. The molecule has 4 nitrogen and oxygen atoms in total. The van der Waals surface area contributed by atoms with Crippen molar-refractivity contribution in [3.63, 3.8) is 0 Å². The first-order valence-electron chi connectivity index (χ1n) is 6.14. The van der Waals surface area contributed by atoms with Gasteiger partial charge in [0.15, 0.2) is 0 Å². The molecule has 2 atom stereocenters. The number of hydrogen-bond donors (Lipinski definition) is 2. The van der Waals surface area contributed by atoms with Crippen LogP contribution in [0.1, 0.15) is 39.5 Å². The van der Waals surface area contributed by atoms with E-state index in [0.29, 0.717) is 13.2 Å². The molecule has 0 aliphatic heterocycles. The number of aliphatic hydroxyl groups excluding tert-OH is 2. The number of rotatable bonds is 11. The molecule has 0 saturated heterocycles. The number of hydrogen-bond acceptors (Lipinski definition) is 4. The van der Waals surface area contributed by atoms with Crippen molar-refractivity contribution in [1.29, 1.82) is 0 Å². The van der Waals surface area contributed by atoms with Gasteiger partial charge in [0.1, 0.15) is 0 Å². The molecule has 0 heterocycles. The Hall–Kier alpha value is 0.540. The molecule has 0 aromatic rings. The Bertz CT molecular complexity index is 130. The molecule has 0 spiro atoms. The average molecular weight is 303 g/mol. The summed E-state index contributed by atoms with van der Waals surface area (Å²) in [7, 11) is 0. The predicted octanol–water partition coefficient (Wildman–Crippen LogP) is 1.57. The first-order valence-corrected chi connectivity index (χ1v) is 6.14. The lowest BCUT2D eigenvalue weighted by Gasteiger charge is -2.07. The van der Waals surface area contributed by atoms with Crippen LogP contribution in [-0.2, 0) is 9.47 Å². The molecule has 2 N–H and O–H groups in total. The minimum Gasteiger partial charge on any atom is -0.391 e. The van der Waals surface area contributed by atoms with Gasteiger partial charge in [0.2, 0.25) is 0 Å². The molecule has 0 aliphatic carbocycles. The molecular weight excluding hydrogens is 272 g/mol. The minimum absolute atomic E-state index is 0. The first kappa shape index (κ1) is 23.6. The van der Waals surface area contributed by atoms with E-state index in [1.54, 1.807) is 13.8 Å². The number of aliphatic hydroxyl groups is 2. The lowest BCUT2D eigenvalue weighted by molar-refractivity contribution is 0.0404. The van der Waals surface area contributed by atoms with E-state index in [1.807, 2.05) is 0 Å². The van der Waals surface area contributed by atoms with Crippen LogP contribution in [0.15, 0.2) is 0 Å². The van der Waals surface area contributed by atoms with Gasteiger partial charge in [-0.1, -0.05) is 12.8 Å². The van der Waals surface area contributed by atoms with Gasteiger partial charge in [-0.3, -0.25) is 0 Å². The molecular formula is C12H30O4S2. The molecule has 0 unspecified atom stereocenters. The zero-order chi connectivity index (χ0) is 12.2. The van der Waals surface area contributed by atoms with Crippen molar-refractivity contribution in [2.24, 2.45) is 0 Å². The van der Waals surface area contributed by atoms with Crippen molar-refractivity contribution < 1.29 is 19.7 Å². The van der Waals surface area contributed by atoms with Gasteiger partial charge in [-0.2, -0.15) is 27.0 Å². The fourth-order valence-corrected chi connectivity index (χ4v) is 1.27. The first-order chi connectivity index (χ1) is 7.63. The SMILES string of the molecule is C[C@H](O)COCCCCCCOC[C@H](C)O.S.S. The lowest BCUT2D eigenvalue weighted by atomic mass is 10.2. The van der Waals surface area contributed by atoms with E-state index in [0.717, 1.165) is 38.9 Å². The summed E-state index contributed by atoms with van der Waals surface area (Å²) in [5.41, 5.74) is 0. The molecule has 18 heavy (non-hydrogen) atoms. The second-order valence-electron chi connectivity index (χ2n) is 4.26. The van der Waals surface area contributed by atoms with Crippen molar-refractivity contribution in [2.75, 3.05) is 26.4 Å². The maximum absolute atomic E-state index is 8.93. The zero-order valence-corrected chi connectivity index (χ0v) is 13.5. The number of ether oxygens (including phenoxy) is 2. The van der Waals surface area contributed by atoms with E-state index in [2.05, 4.69) is 0 Å². The smallest absolute Gasteiger partial charge is 0.0745 e. The highest BCUT2D eigenvalue weighted by Gasteiger charge is 1.96. The van der Waals surface area contributed by atoms with Gasteiger partial charge in [0, 0.05) is 13.2 Å². The van der Waals surface area contributed by atoms with Crippen molar-refractivity contribution in [2.45, 2.75) is 51.7 Å². The Labute approximate surface area is 125 Å². The Morgan fingerprint density at radius 3 is 1.33 bits per heavy atom. The molecule has 0 bridgehead atoms. The van der Waals surface area contributed by atoms with Crippen molar-refractivity contribution in [3.8, 4) is 0 Å². The Morgan fingerprint density at radius 2 is 1.06 bits per heavy atom. The van der Waals surface area contributed by atoms with Gasteiger partial charge < -0.3 is 19.7 Å². The summed E-state index contributed by atoms with van der Waals surface area (Å²) >= 11 is 0.